The molecule has 4 rings (SSSR count). The highest BCUT2D eigenvalue weighted by atomic mass is 15.2. The second kappa shape index (κ2) is 9.20. The van der Waals surface area contributed by atoms with E-state index in [0.717, 1.165) is 43.5 Å². The molecule has 0 bridgehead atoms. The van der Waals surface area contributed by atoms with E-state index in [4.69, 9.17) is 0 Å². The molecule has 158 valence electrons. The number of hydrogen-bond donors (Lipinski definition) is 2. The van der Waals surface area contributed by atoms with Gasteiger partial charge in [0, 0.05) is 38.9 Å². The molecule has 3 aromatic rings. The van der Waals surface area contributed by atoms with Crippen LogP contribution in [0.25, 0.3) is 11.0 Å². The Hall–Kier alpha value is -3.02. The van der Waals surface area contributed by atoms with Gasteiger partial charge in [-0.05, 0) is 56.5 Å². The molecular formula is C24H32N6. The number of nitrogens with zero attached hydrogens (tertiary/aromatic N) is 4. The predicted octanol–water partition coefficient (Wildman–Crippen LogP) is 3.87. The van der Waals surface area contributed by atoms with Crippen LogP contribution in [0.15, 0.2) is 53.5 Å². The summed E-state index contributed by atoms with van der Waals surface area (Å²) >= 11 is 0. The molecule has 2 heterocycles. The standard InChI is InChI=1S/C24H32N6/c1-18(20-9-8-10-21(17-20)29-14-6-7-15-29)27-24(25-3)26-13-16-30-19(2)28-22-11-4-5-12-23(22)30/h4-5,8-12,17-18H,6-7,13-16H2,1-3H3,(H2,25,26,27). The molecule has 0 amide bonds. The zero-order chi connectivity index (χ0) is 20.9. The highest BCUT2D eigenvalue weighted by Gasteiger charge is 2.14. The first-order valence-corrected chi connectivity index (χ1v) is 10.9. The molecule has 30 heavy (non-hydrogen) atoms. The minimum Gasteiger partial charge on any atom is -0.372 e. The van der Waals surface area contributed by atoms with Gasteiger partial charge >= 0.3 is 0 Å². The molecular weight excluding hydrogens is 372 g/mol. The van der Waals surface area contributed by atoms with Gasteiger partial charge in [0.1, 0.15) is 5.82 Å². The highest BCUT2D eigenvalue weighted by molar-refractivity contribution is 5.80. The Morgan fingerprint density at radius 1 is 1.13 bits per heavy atom. The van der Waals surface area contributed by atoms with Crippen LogP contribution in [0.4, 0.5) is 5.69 Å². The maximum atomic E-state index is 4.65. The number of benzene rings is 2. The lowest BCUT2D eigenvalue weighted by Gasteiger charge is -2.22. The molecule has 1 aliphatic rings. The lowest BCUT2D eigenvalue weighted by atomic mass is 10.1. The zero-order valence-corrected chi connectivity index (χ0v) is 18.2. The third-order valence-corrected chi connectivity index (χ3v) is 5.89. The number of guanidine groups is 1. The fraction of sp³-hybridized carbons (Fsp3) is 0.417. The summed E-state index contributed by atoms with van der Waals surface area (Å²) < 4.78 is 2.25. The van der Waals surface area contributed by atoms with Crippen molar-refractivity contribution in [3.8, 4) is 0 Å². The average Bonchev–Trinajstić information content (AvgIpc) is 3.41. The molecule has 0 spiro atoms. The number of aryl methyl sites for hydroxylation is 1. The summed E-state index contributed by atoms with van der Waals surface area (Å²) in [6, 6.07) is 17.3. The molecule has 2 aromatic carbocycles. The molecule has 6 nitrogen and oxygen atoms in total. The third kappa shape index (κ3) is 4.42. The van der Waals surface area contributed by atoms with Crippen LogP contribution in [0.5, 0.6) is 0 Å². The summed E-state index contributed by atoms with van der Waals surface area (Å²) in [5, 5.41) is 6.98. The van der Waals surface area contributed by atoms with E-state index in [1.165, 1.54) is 29.6 Å². The average molecular weight is 405 g/mol. The van der Waals surface area contributed by atoms with Crippen molar-refractivity contribution in [2.45, 2.75) is 39.3 Å². The maximum absolute atomic E-state index is 4.65. The summed E-state index contributed by atoms with van der Waals surface area (Å²) in [7, 11) is 1.82. The van der Waals surface area contributed by atoms with Crippen molar-refractivity contribution < 1.29 is 0 Å². The molecule has 6 heteroatoms. The minimum atomic E-state index is 0.176. The van der Waals surface area contributed by atoms with Crippen LogP contribution >= 0.6 is 0 Å². The lowest BCUT2D eigenvalue weighted by Crippen LogP contribution is -2.40. The van der Waals surface area contributed by atoms with E-state index in [2.05, 4.69) is 86.4 Å². The van der Waals surface area contributed by atoms with Crippen molar-refractivity contribution in [3.63, 3.8) is 0 Å². The van der Waals surface area contributed by atoms with Crippen molar-refractivity contribution in [3.05, 3.63) is 59.9 Å². The third-order valence-electron chi connectivity index (χ3n) is 5.89. The van der Waals surface area contributed by atoms with Gasteiger partial charge in [0.15, 0.2) is 5.96 Å². The summed E-state index contributed by atoms with van der Waals surface area (Å²) in [5.41, 5.74) is 4.82. The van der Waals surface area contributed by atoms with Crippen molar-refractivity contribution in [2.75, 3.05) is 31.6 Å². The fourth-order valence-electron chi connectivity index (χ4n) is 4.21. The number of anilines is 1. The van der Waals surface area contributed by atoms with Crippen molar-refractivity contribution in [2.24, 2.45) is 4.99 Å². The molecule has 1 aromatic heterocycles. The Balaban J connectivity index is 1.35. The monoisotopic (exact) mass is 404 g/mol. The van der Waals surface area contributed by atoms with Crippen LogP contribution in [0, 0.1) is 6.92 Å². The number of hydrogen-bond acceptors (Lipinski definition) is 3. The second-order valence-corrected chi connectivity index (χ2v) is 7.95. The molecule has 2 N–H and O–H groups in total. The van der Waals surface area contributed by atoms with Gasteiger partial charge in [0.25, 0.3) is 0 Å². The second-order valence-electron chi connectivity index (χ2n) is 7.95. The van der Waals surface area contributed by atoms with Crippen LogP contribution in [-0.2, 0) is 6.54 Å². The molecule has 0 radical (unpaired) electrons. The summed E-state index contributed by atoms with van der Waals surface area (Å²) in [6.07, 6.45) is 2.58. The van der Waals surface area contributed by atoms with Gasteiger partial charge in [-0.15, -0.1) is 0 Å². The number of aliphatic imine (C=N–C) groups is 1. The molecule has 0 saturated carbocycles. The molecule has 1 aliphatic heterocycles. The van der Waals surface area contributed by atoms with E-state index in [9.17, 15) is 0 Å². The summed E-state index contributed by atoms with van der Waals surface area (Å²) in [4.78, 5) is 11.5. The number of nitrogens with one attached hydrogen (secondary N) is 2. The van der Waals surface area contributed by atoms with Crippen LogP contribution in [-0.4, -0.2) is 42.2 Å². The number of rotatable bonds is 6. The molecule has 0 aliphatic carbocycles. The largest absolute Gasteiger partial charge is 0.372 e. The predicted molar refractivity (Wildman–Crippen MR) is 125 cm³/mol. The van der Waals surface area contributed by atoms with Crippen molar-refractivity contribution >= 4 is 22.7 Å². The number of aromatic nitrogens is 2. The Morgan fingerprint density at radius 2 is 1.93 bits per heavy atom. The Labute approximate surface area is 179 Å². The van der Waals surface area contributed by atoms with Gasteiger partial charge < -0.3 is 20.1 Å². The first-order chi connectivity index (χ1) is 14.7. The van der Waals surface area contributed by atoms with Gasteiger partial charge in [-0.3, -0.25) is 4.99 Å². The number of imidazole rings is 1. The van der Waals surface area contributed by atoms with E-state index >= 15 is 0 Å². The van der Waals surface area contributed by atoms with E-state index in [1.54, 1.807) is 0 Å². The van der Waals surface area contributed by atoms with Gasteiger partial charge in [-0.25, -0.2) is 4.98 Å². The Kier molecular flexibility index (Phi) is 6.21. The highest BCUT2D eigenvalue weighted by Crippen LogP contribution is 2.24. The molecule has 1 saturated heterocycles. The first-order valence-electron chi connectivity index (χ1n) is 10.9. The van der Waals surface area contributed by atoms with Gasteiger partial charge in [0.05, 0.1) is 17.1 Å². The van der Waals surface area contributed by atoms with E-state index < -0.39 is 0 Å². The van der Waals surface area contributed by atoms with Crippen molar-refractivity contribution in [1.82, 2.24) is 20.2 Å². The van der Waals surface area contributed by atoms with Crippen molar-refractivity contribution in [1.29, 1.82) is 0 Å². The molecule has 1 atom stereocenters. The minimum absolute atomic E-state index is 0.176. The SMILES string of the molecule is CN=C(NCCn1c(C)nc2ccccc21)NC(C)c1cccc(N2CCCC2)c1. The van der Waals surface area contributed by atoms with Gasteiger partial charge in [-0.2, -0.15) is 0 Å². The Morgan fingerprint density at radius 3 is 2.73 bits per heavy atom. The number of para-hydroxylation sites is 2. The topological polar surface area (TPSA) is 57.5 Å². The van der Waals surface area contributed by atoms with Crippen LogP contribution in [0.3, 0.4) is 0 Å². The summed E-state index contributed by atoms with van der Waals surface area (Å²) in [6.45, 7) is 8.19. The van der Waals surface area contributed by atoms with E-state index in [1.807, 2.05) is 13.1 Å². The van der Waals surface area contributed by atoms with Crippen LogP contribution in [0.1, 0.15) is 37.2 Å². The van der Waals surface area contributed by atoms with Gasteiger partial charge in [-0.1, -0.05) is 24.3 Å². The normalized spacial score (nSPS) is 15.6. The smallest absolute Gasteiger partial charge is 0.191 e. The molecule has 1 fully saturated rings. The van der Waals surface area contributed by atoms with Crippen LogP contribution in [0.2, 0.25) is 0 Å². The maximum Gasteiger partial charge on any atom is 0.191 e. The number of fused-ring (bicyclic) bond motifs is 1. The van der Waals surface area contributed by atoms with E-state index in [-0.39, 0.29) is 6.04 Å². The Bertz CT molecular complexity index is 1020. The lowest BCUT2D eigenvalue weighted by molar-refractivity contribution is 0.639. The first kappa shape index (κ1) is 20.3. The fourth-order valence-corrected chi connectivity index (χ4v) is 4.21. The van der Waals surface area contributed by atoms with Crippen LogP contribution < -0.4 is 15.5 Å². The van der Waals surface area contributed by atoms with E-state index in [0.29, 0.717) is 0 Å². The summed E-state index contributed by atoms with van der Waals surface area (Å²) in [5.74, 6) is 1.85. The zero-order valence-electron chi connectivity index (χ0n) is 18.2. The van der Waals surface area contributed by atoms with Gasteiger partial charge in [0.2, 0.25) is 0 Å². The molecule has 1 unspecified atom stereocenters. The quantitative estimate of drug-likeness (QED) is 0.484.